The van der Waals surface area contributed by atoms with E-state index in [0.29, 0.717) is 24.6 Å². The Bertz CT molecular complexity index is 494. The molecule has 0 radical (unpaired) electrons. The van der Waals surface area contributed by atoms with Crippen LogP contribution < -0.4 is 5.32 Å². The van der Waals surface area contributed by atoms with Crippen molar-refractivity contribution in [2.45, 2.75) is 32.7 Å². The summed E-state index contributed by atoms with van der Waals surface area (Å²) in [5, 5.41) is 2.80. The molecule has 108 valence electrons. The summed E-state index contributed by atoms with van der Waals surface area (Å²) < 4.78 is 0. The fourth-order valence-corrected chi connectivity index (χ4v) is 2.38. The fraction of sp³-hybridized carbons (Fsp3) is 0.500. The molecule has 0 aliphatic carbocycles. The molecule has 1 aromatic rings. The van der Waals surface area contributed by atoms with Gasteiger partial charge in [0.15, 0.2) is 5.78 Å². The third kappa shape index (κ3) is 3.25. The Labute approximate surface area is 120 Å². The van der Waals surface area contributed by atoms with E-state index in [-0.39, 0.29) is 17.7 Å². The van der Waals surface area contributed by atoms with E-state index in [4.69, 9.17) is 0 Å². The molecule has 1 saturated heterocycles. The molecule has 2 rings (SSSR count). The van der Waals surface area contributed by atoms with Gasteiger partial charge >= 0.3 is 0 Å². The average molecular weight is 274 g/mol. The van der Waals surface area contributed by atoms with Crippen LogP contribution in [0.15, 0.2) is 24.3 Å². The second-order valence-electron chi connectivity index (χ2n) is 5.64. The van der Waals surface area contributed by atoms with E-state index in [9.17, 15) is 9.59 Å². The van der Waals surface area contributed by atoms with E-state index in [0.717, 1.165) is 6.54 Å². The minimum Gasteiger partial charge on any atom is -0.353 e. The number of nitrogens with zero attached hydrogens (tertiary/aromatic N) is 1. The van der Waals surface area contributed by atoms with Crippen molar-refractivity contribution in [2.75, 3.05) is 19.6 Å². The summed E-state index contributed by atoms with van der Waals surface area (Å²) in [6.07, 6.45) is 0. The largest absolute Gasteiger partial charge is 0.353 e. The van der Waals surface area contributed by atoms with E-state index in [1.807, 2.05) is 36.1 Å². The molecule has 1 heterocycles. The van der Waals surface area contributed by atoms with Crippen molar-refractivity contribution in [3.8, 4) is 0 Å². The molecule has 0 saturated carbocycles. The van der Waals surface area contributed by atoms with Gasteiger partial charge in [0.05, 0.1) is 12.6 Å². The quantitative estimate of drug-likeness (QED) is 0.852. The average Bonchev–Trinajstić information content (AvgIpc) is 2.44. The highest BCUT2D eigenvalue weighted by Crippen LogP contribution is 2.15. The normalized spacial score (nSPS) is 20.0. The maximum Gasteiger partial charge on any atom is 0.237 e. The number of nitrogens with one attached hydrogen (secondary N) is 1. The molecule has 0 spiro atoms. The van der Waals surface area contributed by atoms with Crippen LogP contribution in [0.3, 0.4) is 0 Å². The maximum atomic E-state index is 12.3. The van der Waals surface area contributed by atoms with E-state index in [1.165, 1.54) is 5.56 Å². The van der Waals surface area contributed by atoms with Crippen LogP contribution in [-0.4, -0.2) is 42.3 Å². The lowest BCUT2D eigenvalue weighted by Gasteiger charge is -2.32. The predicted molar refractivity (Wildman–Crippen MR) is 78.9 cm³/mol. The molecule has 1 aliphatic heterocycles. The van der Waals surface area contributed by atoms with Crippen LogP contribution in [-0.2, 0) is 4.79 Å². The van der Waals surface area contributed by atoms with E-state index < -0.39 is 0 Å². The van der Waals surface area contributed by atoms with Gasteiger partial charge in [-0.2, -0.15) is 0 Å². The Morgan fingerprint density at radius 2 is 2.00 bits per heavy atom. The van der Waals surface area contributed by atoms with Crippen molar-refractivity contribution in [1.29, 1.82) is 0 Å². The number of hydrogen-bond donors (Lipinski definition) is 1. The van der Waals surface area contributed by atoms with Crippen molar-refractivity contribution in [2.24, 2.45) is 0 Å². The standard InChI is InChI=1S/C16H22N2O2/c1-11(2)13-4-6-14(7-5-13)15(19)10-18-9-8-17-16(20)12(18)3/h4-7,11-12H,8-10H2,1-3H3,(H,17,20). The van der Waals surface area contributed by atoms with Crippen LogP contribution in [0.25, 0.3) is 0 Å². The fourth-order valence-electron chi connectivity index (χ4n) is 2.38. The Hall–Kier alpha value is -1.68. The van der Waals surface area contributed by atoms with Gasteiger partial charge in [-0.15, -0.1) is 0 Å². The Morgan fingerprint density at radius 1 is 1.35 bits per heavy atom. The number of rotatable bonds is 4. The van der Waals surface area contributed by atoms with E-state index in [2.05, 4.69) is 19.2 Å². The lowest BCUT2D eigenvalue weighted by Crippen LogP contribution is -2.55. The molecule has 1 N–H and O–H groups in total. The lowest BCUT2D eigenvalue weighted by molar-refractivity contribution is -0.127. The Balaban J connectivity index is 2.02. The van der Waals surface area contributed by atoms with Crippen LogP contribution in [0, 0.1) is 0 Å². The highest BCUT2D eigenvalue weighted by molar-refractivity contribution is 5.98. The molecular formula is C16H22N2O2. The molecule has 1 amide bonds. The number of piperazine rings is 1. The van der Waals surface area contributed by atoms with Gasteiger partial charge in [0.25, 0.3) is 0 Å². The summed E-state index contributed by atoms with van der Waals surface area (Å²) in [4.78, 5) is 25.8. The number of Topliss-reactive ketones (excluding diaryl/α,β-unsaturated/α-hetero) is 1. The second-order valence-corrected chi connectivity index (χ2v) is 5.64. The van der Waals surface area contributed by atoms with Crippen LogP contribution in [0.4, 0.5) is 0 Å². The van der Waals surface area contributed by atoms with Crippen LogP contribution in [0.2, 0.25) is 0 Å². The van der Waals surface area contributed by atoms with Crippen molar-refractivity contribution in [3.05, 3.63) is 35.4 Å². The number of amides is 1. The minimum absolute atomic E-state index is 0.000735. The number of carbonyl (C=O) groups excluding carboxylic acids is 2. The van der Waals surface area contributed by atoms with Gasteiger partial charge < -0.3 is 5.32 Å². The third-order valence-electron chi connectivity index (χ3n) is 3.87. The zero-order chi connectivity index (χ0) is 14.7. The maximum absolute atomic E-state index is 12.3. The van der Waals surface area contributed by atoms with E-state index >= 15 is 0 Å². The first-order chi connectivity index (χ1) is 9.49. The Morgan fingerprint density at radius 3 is 2.60 bits per heavy atom. The van der Waals surface area contributed by atoms with E-state index in [1.54, 1.807) is 0 Å². The van der Waals surface area contributed by atoms with Gasteiger partial charge in [0, 0.05) is 18.7 Å². The second kappa shape index (κ2) is 6.18. The van der Waals surface area contributed by atoms with Crippen LogP contribution in [0.5, 0.6) is 0 Å². The summed E-state index contributed by atoms with van der Waals surface area (Å²) >= 11 is 0. The smallest absolute Gasteiger partial charge is 0.237 e. The third-order valence-corrected chi connectivity index (χ3v) is 3.87. The van der Waals surface area contributed by atoms with Gasteiger partial charge in [-0.05, 0) is 18.4 Å². The van der Waals surface area contributed by atoms with Crippen molar-refractivity contribution in [3.63, 3.8) is 0 Å². The number of hydrogen-bond acceptors (Lipinski definition) is 3. The molecule has 1 aromatic carbocycles. The lowest BCUT2D eigenvalue weighted by atomic mass is 10.00. The monoisotopic (exact) mass is 274 g/mol. The van der Waals surface area contributed by atoms with Gasteiger partial charge in [-0.3, -0.25) is 14.5 Å². The van der Waals surface area contributed by atoms with Gasteiger partial charge in [0.1, 0.15) is 0 Å². The first-order valence-electron chi connectivity index (χ1n) is 7.14. The molecule has 1 fully saturated rings. The van der Waals surface area contributed by atoms with Crippen molar-refractivity contribution in [1.82, 2.24) is 10.2 Å². The topological polar surface area (TPSA) is 49.4 Å². The predicted octanol–water partition coefficient (Wildman–Crippen LogP) is 1.81. The number of benzene rings is 1. The molecule has 1 aliphatic rings. The molecule has 0 bridgehead atoms. The molecule has 1 unspecified atom stereocenters. The zero-order valence-corrected chi connectivity index (χ0v) is 12.3. The molecule has 4 nitrogen and oxygen atoms in total. The van der Waals surface area contributed by atoms with Gasteiger partial charge in [-0.1, -0.05) is 38.1 Å². The molecule has 20 heavy (non-hydrogen) atoms. The Kier molecular flexibility index (Phi) is 4.55. The zero-order valence-electron chi connectivity index (χ0n) is 12.3. The van der Waals surface area contributed by atoms with Crippen LogP contribution in [0.1, 0.15) is 42.6 Å². The summed E-state index contributed by atoms with van der Waals surface area (Å²) in [6.45, 7) is 7.74. The summed E-state index contributed by atoms with van der Waals surface area (Å²) in [7, 11) is 0. The highest BCUT2D eigenvalue weighted by Gasteiger charge is 2.26. The number of carbonyl (C=O) groups is 2. The van der Waals surface area contributed by atoms with Gasteiger partial charge in [-0.25, -0.2) is 0 Å². The van der Waals surface area contributed by atoms with Crippen molar-refractivity contribution < 1.29 is 9.59 Å². The van der Waals surface area contributed by atoms with Crippen molar-refractivity contribution >= 4 is 11.7 Å². The number of ketones is 1. The SMILES string of the molecule is CC(C)c1ccc(C(=O)CN2CCNC(=O)C2C)cc1. The molecule has 4 heteroatoms. The molecule has 1 atom stereocenters. The van der Waals surface area contributed by atoms with Crippen LogP contribution >= 0.6 is 0 Å². The highest BCUT2D eigenvalue weighted by atomic mass is 16.2. The molecular weight excluding hydrogens is 252 g/mol. The first kappa shape index (κ1) is 14.7. The first-order valence-corrected chi connectivity index (χ1v) is 7.14. The summed E-state index contributed by atoms with van der Waals surface area (Å²) in [6, 6.07) is 7.54. The molecule has 0 aromatic heterocycles. The van der Waals surface area contributed by atoms with Gasteiger partial charge in [0.2, 0.25) is 5.91 Å². The minimum atomic E-state index is -0.234. The summed E-state index contributed by atoms with van der Waals surface area (Å²) in [5.74, 6) is 0.533. The summed E-state index contributed by atoms with van der Waals surface area (Å²) in [5.41, 5.74) is 1.94.